The van der Waals surface area contributed by atoms with Gasteiger partial charge in [0.1, 0.15) is 33.5 Å². The largest absolute Gasteiger partial charge is 0.455 e. The lowest BCUT2D eigenvalue weighted by Gasteiger charge is -2.12. The van der Waals surface area contributed by atoms with Crippen LogP contribution in [0.4, 0.5) is 0 Å². The number of benzene rings is 24. The van der Waals surface area contributed by atoms with E-state index < -0.39 is 78.6 Å². The molecule has 0 saturated heterocycles. The lowest BCUT2D eigenvalue weighted by atomic mass is 9.91. The predicted octanol–water partition coefficient (Wildman–Crippen LogP) is 35.7. The van der Waals surface area contributed by atoms with Crippen LogP contribution < -0.4 is 0 Å². The van der Waals surface area contributed by atoms with Crippen molar-refractivity contribution < 1.29 is 33.8 Å². The molecule has 0 unspecified atom stereocenters. The van der Waals surface area contributed by atoms with E-state index in [1.165, 1.54) is 64.6 Å². The molecule has 12 nitrogen and oxygen atoms in total. The van der Waals surface area contributed by atoms with Crippen LogP contribution in [0, 0.1) is 0 Å². The number of fused-ring (bicyclic) bond motifs is 27. The number of hydrogen-bond acceptors (Lipinski definition) is 12. The van der Waals surface area contributed by atoms with E-state index in [0.717, 1.165) is 115 Å². The van der Waals surface area contributed by atoms with E-state index in [1.807, 2.05) is 170 Å². The van der Waals surface area contributed by atoms with Crippen LogP contribution in [-0.4, -0.2) is 44.9 Å². The van der Waals surface area contributed by atoms with Crippen LogP contribution in [0.2, 0.25) is 0 Å². The minimum absolute atomic E-state index is 0.0164. The Bertz CT molecular complexity index is 11200. The smallest absolute Gasteiger partial charge is 0.164 e. The number of furan rings is 3. The van der Waals surface area contributed by atoms with Gasteiger partial charge in [-0.3, -0.25) is 0 Å². The highest BCUT2D eigenvalue weighted by Crippen LogP contribution is 2.49. The Kier molecular flexibility index (Phi) is 17.1. The summed E-state index contributed by atoms with van der Waals surface area (Å²) in [4.78, 5) is 42.9. The highest BCUT2D eigenvalue weighted by molar-refractivity contribution is 6.30. The van der Waals surface area contributed by atoms with Crippen molar-refractivity contribution in [2.75, 3.05) is 0 Å². The third-order valence-corrected chi connectivity index (χ3v) is 27.6. The topological polar surface area (TPSA) is 155 Å². The second kappa shape index (κ2) is 35.7. The monoisotopic (exact) mass is 1890 g/mol. The maximum Gasteiger partial charge on any atom is 0.164 e. The molecular weight excluding hydrogens is 1800 g/mol. The first-order chi connectivity index (χ1) is 79.1. The number of rotatable bonds is 12. The van der Waals surface area contributed by atoms with E-state index in [2.05, 4.69) is 232 Å². The van der Waals surface area contributed by atoms with E-state index in [0.29, 0.717) is 73.1 Å². The van der Waals surface area contributed by atoms with Crippen LogP contribution in [0.1, 0.15) is 20.6 Å². The van der Waals surface area contributed by atoms with Crippen molar-refractivity contribution in [3.05, 3.63) is 491 Å². The molecule has 12 heteroatoms. The molecule has 24 aromatic carbocycles. The van der Waals surface area contributed by atoms with Crippen LogP contribution >= 0.6 is 0 Å². The molecule has 0 saturated carbocycles. The zero-order chi connectivity index (χ0) is 110. The Labute approximate surface area is 863 Å². The quantitative estimate of drug-likeness (QED) is 0.107. The molecule has 0 fully saturated rings. The van der Waals surface area contributed by atoms with Gasteiger partial charge in [0.05, 0.1) is 20.6 Å². The number of nitrogens with zero attached hydrogens (tertiary/aromatic N) is 9. The van der Waals surface area contributed by atoms with Gasteiger partial charge in [-0.1, -0.05) is 442 Å². The second-order valence-corrected chi connectivity index (χ2v) is 36.0. The van der Waals surface area contributed by atoms with Crippen molar-refractivity contribution in [2.24, 2.45) is 0 Å². The average molecular weight is 1890 g/mol. The van der Waals surface area contributed by atoms with Crippen LogP contribution in [0.25, 0.3) is 299 Å². The van der Waals surface area contributed by atoms with Gasteiger partial charge in [-0.15, -0.1) is 0 Å². The number of para-hydroxylation sites is 3. The molecule has 0 aliphatic rings. The molecule has 0 spiro atoms. The van der Waals surface area contributed by atoms with Gasteiger partial charge < -0.3 is 13.3 Å². The molecule has 6 aromatic heterocycles. The number of aromatic nitrogens is 9. The fourth-order valence-electron chi connectivity index (χ4n) is 21.0. The summed E-state index contributed by atoms with van der Waals surface area (Å²) in [6.45, 7) is 0. The molecule has 0 atom stereocenters. The highest BCUT2D eigenvalue weighted by atomic mass is 16.3. The summed E-state index contributed by atoms with van der Waals surface area (Å²) in [7, 11) is 0. The lowest BCUT2D eigenvalue weighted by Crippen LogP contribution is -2.00. The third kappa shape index (κ3) is 15.0. The zero-order valence-corrected chi connectivity index (χ0v) is 77.9. The molecule has 30 aromatic rings. The highest BCUT2D eigenvalue weighted by Gasteiger charge is 2.26. The maximum atomic E-state index is 8.71. The fourth-order valence-corrected chi connectivity index (χ4v) is 21.0. The van der Waals surface area contributed by atoms with Crippen LogP contribution in [0.15, 0.2) is 504 Å². The zero-order valence-electron chi connectivity index (χ0n) is 92.9. The van der Waals surface area contributed by atoms with Crippen molar-refractivity contribution >= 4 is 163 Å². The van der Waals surface area contributed by atoms with Crippen LogP contribution in [0.3, 0.4) is 0 Å². The van der Waals surface area contributed by atoms with Gasteiger partial charge in [0.25, 0.3) is 0 Å². The fraction of sp³-hybridized carbons (Fsp3) is 0. The molecule has 0 radical (unpaired) electrons. The standard InChI is InChI=1S/3C45H27N3O/c2*1-3-13-28(14-4-1)43-46-44(29-15-5-2-6-16-29)48-45(47-43)38-23-12-24-40-41(38)37-22-11-21-31(42(37)49-40)30-25-26-36-34-19-8-7-17-32(34)33-18-9-10-20-35(33)39(36)27-30;1-3-12-28(13-4-1)43-46-44(29-14-5-2-6-15-29)48-45(47-43)31-23-25-41-40(27-31)38-21-11-20-32(42(38)49-41)30-22-24-37-35-18-8-7-16-33(35)34-17-9-10-19-36(34)39(37)26-30/h3*1-27H/i1D,2D,3D,4D,5D,6D,13D,14D,15D,16D;1D,3D,4D,13D,14D;. The van der Waals surface area contributed by atoms with E-state index >= 15 is 0 Å². The van der Waals surface area contributed by atoms with Crippen molar-refractivity contribution in [1.29, 1.82) is 0 Å². The summed E-state index contributed by atoms with van der Waals surface area (Å²) < 4.78 is 147. The van der Waals surface area contributed by atoms with Crippen molar-refractivity contribution in [1.82, 2.24) is 44.9 Å². The summed E-state index contributed by atoms with van der Waals surface area (Å²) >= 11 is 0. The predicted molar refractivity (Wildman–Crippen MR) is 604 cm³/mol. The summed E-state index contributed by atoms with van der Waals surface area (Å²) in [6, 6.07) is 128. The normalized spacial score (nSPS) is 13.1. The van der Waals surface area contributed by atoms with E-state index in [9.17, 15) is 0 Å². The molecule has 0 bridgehead atoms. The Hall–Kier alpha value is -20.0. The Morgan fingerprint density at radius 2 is 0.361 bits per heavy atom. The van der Waals surface area contributed by atoms with E-state index in [4.69, 9.17) is 58.7 Å². The minimum atomic E-state index is -0.613. The average Bonchev–Trinajstić information content (AvgIpc) is 1.29. The van der Waals surface area contributed by atoms with Gasteiger partial charge in [0, 0.05) is 99.1 Å². The van der Waals surface area contributed by atoms with Crippen molar-refractivity contribution in [2.45, 2.75) is 0 Å². The molecule has 0 N–H and O–H groups in total. The molecular formula is C135H81N9O3. The first-order valence-electron chi connectivity index (χ1n) is 55.6. The maximum absolute atomic E-state index is 8.71. The molecule has 0 aliphatic carbocycles. The molecule has 30 rings (SSSR count). The second-order valence-electron chi connectivity index (χ2n) is 36.0. The van der Waals surface area contributed by atoms with Crippen molar-refractivity contribution in [3.63, 3.8) is 0 Å². The van der Waals surface area contributed by atoms with Gasteiger partial charge >= 0.3 is 0 Å². The summed E-state index contributed by atoms with van der Waals surface area (Å²) in [5.74, 6) is 1.76. The lowest BCUT2D eigenvalue weighted by molar-refractivity contribution is 0.669. The summed E-state index contributed by atoms with van der Waals surface area (Å²) in [5, 5.41) is 26.6. The Morgan fingerprint density at radius 1 is 0.136 bits per heavy atom. The Balaban J connectivity index is 0.000000114. The molecule has 0 aliphatic heterocycles. The van der Waals surface area contributed by atoms with Gasteiger partial charge in [-0.05, 0) is 162 Å². The van der Waals surface area contributed by atoms with Crippen molar-refractivity contribution in [3.8, 4) is 136 Å². The third-order valence-electron chi connectivity index (χ3n) is 27.6. The molecule has 6 heterocycles. The molecule has 147 heavy (non-hydrogen) atoms. The van der Waals surface area contributed by atoms with Gasteiger partial charge in [0.15, 0.2) is 52.4 Å². The van der Waals surface area contributed by atoms with Gasteiger partial charge in [-0.25, -0.2) is 44.9 Å². The first kappa shape index (κ1) is 70.6. The summed E-state index contributed by atoms with van der Waals surface area (Å²) in [5.41, 5.74) is 13.8. The van der Waals surface area contributed by atoms with Gasteiger partial charge in [0.2, 0.25) is 0 Å². The van der Waals surface area contributed by atoms with E-state index in [1.54, 1.807) is 18.2 Å². The molecule has 684 valence electrons. The SMILES string of the molecule is [2H]c1c([2H])c([2H])c(-c2nc(-c3c([2H])c([2H])c([2H])c([2H])c3[2H])nc(-c3cccc4oc5c(-c6ccc7c8ccccc8c8ccccc8c7c6)cccc5c34)n2)c([2H])c1[2H].[2H]c1c([2H])c([2H])c(-c2nc(-c3ccccc3)nc(-c3cccc4oc5c(-c6ccc7c8ccccc8c8ccccc8c7c6)cccc5c34)n2)c([2H])c1[2H].c1ccc(-c2nc(-c3ccccc3)nc(-c3ccc4oc5c(-c6ccc7c8ccccc8c8ccccc8c7c6)cccc5c4c3)n2)cc1. The van der Waals surface area contributed by atoms with Crippen LogP contribution in [0.5, 0.6) is 0 Å². The number of hydrogen-bond donors (Lipinski definition) is 0. The Morgan fingerprint density at radius 3 is 0.680 bits per heavy atom. The van der Waals surface area contributed by atoms with Gasteiger partial charge in [-0.2, -0.15) is 0 Å². The first-order valence-corrected chi connectivity index (χ1v) is 48.1. The van der Waals surface area contributed by atoms with Crippen LogP contribution in [-0.2, 0) is 0 Å². The van der Waals surface area contributed by atoms with E-state index in [-0.39, 0.29) is 57.9 Å². The summed E-state index contributed by atoms with van der Waals surface area (Å²) in [6.07, 6.45) is 0. The minimum Gasteiger partial charge on any atom is -0.455 e. The molecule has 0 amide bonds.